The molecule has 4 heteroatoms. The summed E-state index contributed by atoms with van der Waals surface area (Å²) in [6.45, 7) is 1.60. The predicted molar refractivity (Wildman–Crippen MR) is 75.8 cm³/mol. The average molecular weight is 275 g/mol. The molecule has 0 aliphatic carbocycles. The quantitative estimate of drug-likeness (QED) is 0.851. The average Bonchev–Trinajstić information content (AvgIpc) is 2.45. The second-order valence-electron chi connectivity index (χ2n) is 4.55. The zero-order valence-electron chi connectivity index (χ0n) is 11.4. The fourth-order valence-corrected chi connectivity index (χ4v) is 2.06. The van der Waals surface area contributed by atoms with E-state index in [9.17, 15) is 9.50 Å². The van der Waals surface area contributed by atoms with Gasteiger partial charge in [0.25, 0.3) is 0 Å². The highest BCUT2D eigenvalue weighted by atomic mass is 19.1. The number of methoxy groups -OCH3 is 1. The van der Waals surface area contributed by atoms with E-state index in [2.05, 4.69) is 5.32 Å². The van der Waals surface area contributed by atoms with Gasteiger partial charge in [0.05, 0.1) is 6.61 Å². The van der Waals surface area contributed by atoms with Crippen molar-refractivity contribution in [1.29, 1.82) is 0 Å². The van der Waals surface area contributed by atoms with Crippen LogP contribution < -0.4 is 5.32 Å². The summed E-state index contributed by atoms with van der Waals surface area (Å²) in [7, 11) is 1.66. The zero-order chi connectivity index (χ0) is 14.4. The molecule has 0 heterocycles. The number of ether oxygens (including phenoxy) is 1. The lowest BCUT2D eigenvalue weighted by atomic mass is 10.1. The molecule has 2 N–H and O–H groups in total. The van der Waals surface area contributed by atoms with Crippen molar-refractivity contribution in [2.75, 3.05) is 7.11 Å². The van der Waals surface area contributed by atoms with E-state index in [0.29, 0.717) is 25.3 Å². The molecule has 0 aliphatic heterocycles. The first kappa shape index (κ1) is 14.5. The number of benzene rings is 2. The van der Waals surface area contributed by atoms with Crippen LogP contribution in [0.4, 0.5) is 4.39 Å². The van der Waals surface area contributed by atoms with Crippen molar-refractivity contribution in [2.24, 2.45) is 0 Å². The molecule has 0 aliphatic rings. The molecular formula is C16H18FNO2. The van der Waals surface area contributed by atoms with Crippen molar-refractivity contribution >= 4 is 0 Å². The van der Waals surface area contributed by atoms with Gasteiger partial charge in [0, 0.05) is 25.8 Å². The van der Waals surface area contributed by atoms with Crippen LogP contribution in [0.15, 0.2) is 42.5 Å². The van der Waals surface area contributed by atoms with Gasteiger partial charge >= 0.3 is 0 Å². The Morgan fingerprint density at radius 2 is 1.65 bits per heavy atom. The number of aromatic hydroxyl groups is 1. The van der Waals surface area contributed by atoms with Crippen LogP contribution in [-0.4, -0.2) is 12.2 Å². The lowest BCUT2D eigenvalue weighted by Gasteiger charge is -2.11. The van der Waals surface area contributed by atoms with Crippen molar-refractivity contribution in [1.82, 2.24) is 5.32 Å². The molecule has 106 valence electrons. The highest BCUT2D eigenvalue weighted by molar-refractivity contribution is 5.33. The highest BCUT2D eigenvalue weighted by Gasteiger charge is 2.06. The molecule has 2 aromatic carbocycles. The van der Waals surface area contributed by atoms with Gasteiger partial charge in [-0.25, -0.2) is 4.39 Å². The second kappa shape index (κ2) is 7.03. The molecule has 0 atom stereocenters. The number of hydrogen-bond donors (Lipinski definition) is 2. The van der Waals surface area contributed by atoms with Crippen LogP contribution >= 0.6 is 0 Å². The van der Waals surface area contributed by atoms with Gasteiger partial charge in [-0.15, -0.1) is 0 Å². The summed E-state index contributed by atoms with van der Waals surface area (Å²) in [6.07, 6.45) is 0. The van der Waals surface area contributed by atoms with E-state index >= 15 is 0 Å². The minimum atomic E-state index is -0.593. The van der Waals surface area contributed by atoms with Gasteiger partial charge in [-0.3, -0.25) is 0 Å². The molecule has 0 bridgehead atoms. The van der Waals surface area contributed by atoms with Gasteiger partial charge in [0.15, 0.2) is 11.6 Å². The van der Waals surface area contributed by atoms with E-state index in [4.69, 9.17) is 4.74 Å². The maximum absolute atomic E-state index is 13.2. The second-order valence-corrected chi connectivity index (χ2v) is 4.55. The number of hydrogen-bond acceptors (Lipinski definition) is 3. The minimum absolute atomic E-state index is 0.287. The molecule has 2 aromatic rings. The summed E-state index contributed by atoms with van der Waals surface area (Å²) >= 11 is 0. The molecule has 2 rings (SSSR count). The summed E-state index contributed by atoms with van der Waals surface area (Å²) in [4.78, 5) is 0. The lowest BCUT2D eigenvalue weighted by Crippen LogP contribution is -2.14. The molecule has 0 unspecified atom stereocenters. The zero-order valence-corrected chi connectivity index (χ0v) is 11.4. The molecule has 0 saturated carbocycles. The molecule has 0 spiro atoms. The van der Waals surface area contributed by atoms with Crippen molar-refractivity contribution < 1.29 is 14.2 Å². The normalized spacial score (nSPS) is 10.7. The minimum Gasteiger partial charge on any atom is -0.505 e. The Balaban J connectivity index is 1.98. The largest absolute Gasteiger partial charge is 0.505 e. The molecule has 0 saturated heterocycles. The number of phenols is 1. The Bertz CT molecular complexity index is 572. The van der Waals surface area contributed by atoms with Gasteiger partial charge in [-0.05, 0) is 17.2 Å². The first-order valence-electron chi connectivity index (χ1n) is 6.45. The fourth-order valence-electron chi connectivity index (χ4n) is 2.06. The molecule has 0 fully saturated rings. The van der Waals surface area contributed by atoms with Gasteiger partial charge in [-0.2, -0.15) is 0 Å². The number of para-hydroxylation sites is 1. The van der Waals surface area contributed by atoms with E-state index in [-0.39, 0.29) is 5.75 Å². The Kier molecular flexibility index (Phi) is 5.09. The summed E-state index contributed by atoms with van der Waals surface area (Å²) in [6, 6.07) is 12.5. The van der Waals surface area contributed by atoms with Gasteiger partial charge < -0.3 is 15.2 Å². The fraction of sp³-hybridized carbons (Fsp3) is 0.250. The molecule has 0 amide bonds. The Morgan fingerprint density at radius 3 is 2.40 bits per heavy atom. The Labute approximate surface area is 118 Å². The van der Waals surface area contributed by atoms with E-state index in [1.54, 1.807) is 19.2 Å². The van der Waals surface area contributed by atoms with Crippen molar-refractivity contribution in [3.63, 3.8) is 0 Å². The van der Waals surface area contributed by atoms with E-state index in [0.717, 1.165) is 11.1 Å². The summed E-state index contributed by atoms with van der Waals surface area (Å²) in [5, 5.41) is 12.8. The van der Waals surface area contributed by atoms with Crippen LogP contribution in [0.5, 0.6) is 5.75 Å². The van der Waals surface area contributed by atoms with Crippen LogP contribution in [0.2, 0.25) is 0 Å². The van der Waals surface area contributed by atoms with E-state index < -0.39 is 5.82 Å². The van der Waals surface area contributed by atoms with Gasteiger partial charge in [0.2, 0.25) is 0 Å². The SMILES string of the molecule is COCc1ccccc1CNCc1cccc(F)c1O. The van der Waals surface area contributed by atoms with Crippen molar-refractivity contribution in [3.05, 3.63) is 65.0 Å². The molecule has 20 heavy (non-hydrogen) atoms. The molecule has 0 radical (unpaired) electrons. The molecular weight excluding hydrogens is 257 g/mol. The van der Waals surface area contributed by atoms with Crippen LogP contribution in [-0.2, 0) is 24.4 Å². The standard InChI is InChI=1S/C16H18FNO2/c1-20-11-14-6-3-2-5-12(14)9-18-10-13-7-4-8-15(17)16(13)19/h2-8,18-19H,9-11H2,1H3. The number of rotatable bonds is 6. The monoisotopic (exact) mass is 275 g/mol. The molecule has 0 aromatic heterocycles. The topological polar surface area (TPSA) is 41.5 Å². The van der Waals surface area contributed by atoms with Crippen LogP contribution in [0.1, 0.15) is 16.7 Å². The smallest absolute Gasteiger partial charge is 0.165 e. The van der Waals surface area contributed by atoms with Crippen LogP contribution in [0, 0.1) is 5.82 Å². The maximum atomic E-state index is 13.2. The van der Waals surface area contributed by atoms with Crippen LogP contribution in [0.25, 0.3) is 0 Å². The third-order valence-corrected chi connectivity index (χ3v) is 3.12. The summed E-state index contributed by atoms with van der Waals surface area (Å²) in [5.74, 6) is -0.880. The Morgan fingerprint density at radius 1 is 1.00 bits per heavy atom. The lowest BCUT2D eigenvalue weighted by molar-refractivity contribution is 0.184. The Hall–Kier alpha value is -1.91. The van der Waals surface area contributed by atoms with Crippen LogP contribution in [0.3, 0.4) is 0 Å². The third kappa shape index (κ3) is 3.56. The van der Waals surface area contributed by atoms with Gasteiger partial charge in [-0.1, -0.05) is 36.4 Å². The first-order valence-corrected chi connectivity index (χ1v) is 6.45. The van der Waals surface area contributed by atoms with Crippen molar-refractivity contribution in [2.45, 2.75) is 19.7 Å². The predicted octanol–water partition coefficient (Wildman–Crippen LogP) is 2.97. The molecule has 3 nitrogen and oxygen atoms in total. The van der Waals surface area contributed by atoms with E-state index in [1.165, 1.54) is 6.07 Å². The van der Waals surface area contributed by atoms with Gasteiger partial charge in [0.1, 0.15) is 0 Å². The number of halogens is 1. The van der Waals surface area contributed by atoms with Crippen molar-refractivity contribution in [3.8, 4) is 5.75 Å². The summed E-state index contributed by atoms with van der Waals surface area (Å²) in [5.41, 5.74) is 2.80. The first-order chi connectivity index (χ1) is 9.72. The third-order valence-electron chi connectivity index (χ3n) is 3.12. The van der Waals surface area contributed by atoms with E-state index in [1.807, 2.05) is 24.3 Å². The number of nitrogens with one attached hydrogen (secondary N) is 1. The summed E-state index contributed by atoms with van der Waals surface area (Å²) < 4.78 is 18.4. The number of phenolic OH excluding ortho intramolecular Hbond substituents is 1. The highest BCUT2D eigenvalue weighted by Crippen LogP contribution is 2.20. The maximum Gasteiger partial charge on any atom is 0.165 e.